The van der Waals surface area contributed by atoms with Gasteiger partial charge in [-0.15, -0.1) is 0 Å². The predicted molar refractivity (Wildman–Crippen MR) is 188 cm³/mol. The van der Waals surface area contributed by atoms with Crippen LogP contribution in [0.2, 0.25) is 10.0 Å². The minimum Gasteiger partial charge on any atom is -0.493 e. The van der Waals surface area contributed by atoms with E-state index >= 15 is 0 Å². The third kappa shape index (κ3) is 7.39. The Balaban J connectivity index is 1.67. The molecule has 2 aliphatic heterocycles. The van der Waals surface area contributed by atoms with Gasteiger partial charge in [0.25, 0.3) is 0 Å². The fourth-order valence-corrected chi connectivity index (χ4v) is 6.98. The summed E-state index contributed by atoms with van der Waals surface area (Å²) in [4.78, 5) is 37.8. The summed E-state index contributed by atoms with van der Waals surface area (Å²) in [6.07, 6.45) is 1.60. The van der Waals surface area contributed by atoms with Crippen LogP contribution in [-0.4, -0.2) is 92.1 Å². The van der Waals surface area contributed by atoms with E-state index in [1.165, 1.54) is 26.2 Å². The number of carbonyl (C=O) groups excluding carboxylic acids is 2. The highest BCUT2D eigenvalue weighted by molar-refractivity contribution is 7.89. The Morgan fingerprint density at radius 3 is 2.00 bits per heavy atom. The molecule has 0 saturated carbocycles. The maximum absolute atomic E-state index is 14.8. The molecule has 254 valence electrons. The van der Waals surface area contributed by atoms with Crippen LogP contribution in [0.4, 0.5) is 4.79 Å². The lowest BCUT2D eigenvalue weighted by Crippen LogP contribution is -2.55. The second kappa shape index (κ2) is 14.7. The number of nitrogens with zero attached hydrogens (tertiary/aromatic N) is 5. The van der Waals surface area contributed by atoms with Gasteiger partial charge in [-0.3, -0.25) is 14.7 Å². The lowest BCUT2D eigenvalue weighted by Gasteiger charge is -2.39. The van der Waals surface area contributed by atoms with E-state index in [1.807, 2.05) is 45.0 Å². The van der Waals surface area contributed by atoms with Crippen LogP contribution in [0, 0.1) is 0 Å². The molecule has 2 aliphatic rings. The van der Waals surface area contributed by atoms with Gasteiger partial charge in [-0.1, -0.05) is 53.0 Å². The number of halogens is 2. The number of hydrogen-bond acceptors (Lipinski definition) is 6. The number of benzene rings is 3. The second-order valence-corrected chi connectivity index (χ2v) is 15.0. The van der Waals surface area contributed by atoms with Crippen molar-refractivity contribution in [3.63, 3.8) is 0 Å². The Labute approximate surface area is 292 Å². The molecule has 0 spiro atoms. The van der Waals surface area contributed by atoms with Crippen molar-refractivity contribution >= 4 is 51.0 Å². The van der Waals surface area contributed by atoms with Gasteiger partial charge in [-0.05, 0) is 74.4 Å². The minimum absolute atomic E-state index is 0.0328. The van der Waals surface area contributed by atoms with Gasteiger partial charge >= 0.3 is 6.03 Å². The van der Waals surface area contributed by atoms with E-state index in [4.69, 9.17) is 32.9 Å². The Morgan fingerprint density at radius 2 is 1.46 bits per heavy atom. The van der Waals surface area contributed by atoms with Crippen molar-refractivity contribution in [2.24, 2.45) is 4.99 Å². The molecule has 2 atom stereocenters. The molecule has 3 amide bonds. The van der Waals surface area contributed by atoms with Crippen LogP contribution < -0.4 is 4.74 Å². The quantitative estimate of drug-likeness (QED) is 0.251. The molecule has 1 fully saturated rings. The molecule has 1 saturated heterocycles. The number of rotatable bonds is 8. The summed E-state index contributed by atoms with van der Waals surface area (Å²) < 4.78 is 33.8. The molecule has 3 aromatic rings. The summed E-state index contributed by atoms with van der Waals surface area (Å²) in [5.41, 5.74) is 2.85. The number of allylic oxidation sites excluding steroid dienone is 1. The molecule has 2 unspecified atom stereocenters. The fraction of sp³-hybridized carbons (Fsp3) is 0.343. The van der Waals surface area contributed by atoms with Crippen molar-refractivity contribution in [3.8, 4) is 5.75 Å². The topological polar surface area (TPSA) is 103 Å². The molecule has 0 N–H and O–H groups in total. The van der Waals surface area contributed by atoms with Crippen LogP contribution >= 0.6 is 23.2 Å². The number of amidine groups is 1. The molecular formula is C35H39Cl2N5O5S. The zero-order chi connectivity index (χ0) is 34.7. The third-order valence-electron chi connectivity index (χ3n) is 8.24. The number of carbonyl (C=O) groups is 2. The average Bonchev–Trinajstić information content (AvgIpc) is 3.45. The van der Waals surface area contributed by atoms with Crippen LogP contribution in [-0.2, 0) is 14.8 Å². The summed E-state index contributed by atoms with van der Waals surface area (Å²) in [6.45, 7) is 7.20. The smallest absolute Gasteiger partial charge is 0.326 e. The first-order valence-electron chi connectivity index (χ1n) is 15.6. The van der Waals surface area contributed by atoms with Crippen molar-refractivity contribution in [2.75, 3.05) is 46.9 Å². The molecule has 13 heteroatoms. The number of urea groups is 1. The molecule has 5 rings (SSSR count). The Kier molecular flexibility index (Phi) is 10.8. The van der Waals surface area contributed by atoms with E-state index in [0.717, 1.165) is 21.0 Å². The van der Waals surface area contributed by atoms with Crippen molar-refractivity contribution in [1.82, 2.24) is 19.0 Å². The van der Waals surface area contributed by atoms with E-state index in [1.54, 1.807) is 51.1 Å². The summed E-state index contributed by atoms with van der Waals surface area (Å²) in [5.74, 6) is 0.561. The number of sulfonamides is 1. The molecule has 10 nitrogen and oxygen atoms in total. The summed E-state index contributed by atoms with van der Waals surface area (Å²) in [5, 5.41) is 1.09. The second-order valence-electron chi connectivity index (χ2n) is 12.0. The van der Waals surface area contributed by atoms with Gasteiger partial charge in [-0.25, -0.2) is 17.5 Å². The first kappa shape index (κ1) is 35.4. The number of hydrogen-bond donors (Lipinski definition) is 0. The van der Waals surface area contributed by atoms with E-state index < -0.39 is 22.1 Å². The largest absolute Gasteiger partial charge is 0.493 e. The third-order valence-corrected chi connectivity index (χ3v) is 10.6. The van der Waals surface area contributed by atoms with Crippen molar-refractivity contribution in [2.45, 2.75) is 37.8 Å². The predicted octanol–water partition coefficient (Wildman–Crippen LogP) is 6.42. The van der Waals surface area contributed by atoms with Gasteiger partial charge in [0.1, 0.15) is 17.6 Å². The number of ether oxygens (including phenoxy) is 1. The summed E-state index contributed by atoms with van der Waals surface area (Å²) >= 11 is 12.6. The number of piperazine rings is 1. The van der Waals surface area contributed by atoms with Gasteiger partial charge in [0.05, 0.1) is 23.1 Å². The van der Waals surface area contributed by atoms with Gasteiger partial charge < -0.3 is 14.5 Å². The van der Waals surface area contributed by atoms with Gasteiger partial charge in [0, 0.05) is 56.4 Å². The standard InChI is InChI=1S/C35H39Cl2N5O5S/c1-6-47-30-16-15-28(48(45,46)39(4)5)22-29(30)34-38-32(24-7-11-26(36)12-8-24)33(25-9-13-27(37)14-10-25)42(34)35(44)41-19-17-40(18-20-41)31(43)21-23(2)3/h7-16,21-22,32-33H,6,17-20H2,1-5H3. The SMILES string of the molecule is CCOc1ccc(S(=O)(=O)N(C)C)cc1C1=NC(c2ccc(Cl)cc2)C(c2ccc(Cl)cc2)N1C(=O)N1CCN(C(=O)C=C(C)C)CC1. The van der Waals surface area contributed by atoms with Crippen LogP contribution in [0.3, 0.4) is 0 Å². The van der Waals surface area contributed by atoms with Crippen LogP contribution in [0.1, 0.15) is 49.5 Å². The average molecular weight is 713 g/mol. The molecule has 3 aromatic carbocycles. The maximum atomic E-state index is 14.8. The first-order valence-corrected chi connectivity index (χ1v) is 17.8. The first-order chi connectivity index (χ1) is 22.8. The van der Waals surface area contributed by atoms with Crippen molar-refractivity contribution < 1.29 is 22.7 Å². The zero-order valence-corrected chi connectivity index (χ0v) is 29.9. The summed E-state index contributed by atoms with van der Waals surface area (Å²) in [6, 6.07) is 17.6. The van der Waals surface area contributed by atoms with E-state index in [2.05, 4.69) is 0 Å². The summed E-state index contributed by atoms with van der Waals surface area (Å²) in [7, 11) is -0.922. The lowest BCUT2D eigenvalue weighted by molar-refractivity contribution is -0.127. The maximum Gasteiger partial charge on any atom is 0.326 e. The monoisotopic (exact) mass is 711 g/mol. The highest BCUT2D eigenvalue weighted by atomic mass is 35.5. The highest BCUT2D eigenvalue weighted by Gasteiger charge is 2.45. The number of aliphatic imine (C=N–C) groups is 1. The molecule has 48 heavy (non-hydrogen) atoms. The van der Waals surface area contributed by atoms with E-state index in [-0.39, 0.29) is 22.7 Å². The number of amides is 3. The molecule has 0 aromatic heterocycles. The van der Waals surface area contributed by atoms with Crippen LogP contribution in [0.5, 0.6) is 5.75 Å². The van der Waals surface area contributed by atoms with Crippen molar-refractivity contribution in [3.05, 3.63) is 105 Å². The molecule has 0 bridgehead atoms. The Bertz CT molecular complexity index is 1830. The van der Waals surface area contributed by atoms with Gasteiger partial charge in [0.2, 0.25) is 15.9 Å². The van der Waals surface area contributed by atoms with E-state index in [0.29, 0.717) is 54.1 Å². The lowest BCUT2D eigenvalue weighted by atomic mass is 9.93. The van der Waals surface area contributed by atoms with E-state index in [9.17, 15) is 18.0 Å². The Hall–Kier alpha value is -3.90. The van der Waals surface area contributed by atoms with Crippen LogP contribution in [0.25, 0.3) is 0 Å². The van der Waals surface area contributed by atoms with Gasteiger partial charge in [-0.2, -0.15) is 0 Å². The minimum atomic E-state index is -3.85. The van der Waals surface area contributed by atoms with Gasteiger partial charge in [0.15, 0.2) is 0 Å². The molecule has 2 heterocycles. The highest BCUT2D eigenvalue weighted by Crippen LogP contribution is 2.46. The Morgan fingerprint density at radius 1 is 0.896 bits per heavy atom. The molecule has 0 radical (unpaired) electrons. The van der Waals surface area contributed by atoms with Crippen LogP contribution in [0.15, 0.2) is 88.3 Å². The molecular weight excluding hydrogens is 673 g/mol. The molecule has 0 aliphatic carbocycles. The fourth-order valence-electron chi connectivity index (χ4n) is 5.80. The normalized spacial score (nSPS) is 18.2. The zero-order valence-electron chi connectivity index (χ0n) is 27.6. The van der Waals surface area contributed by atoms with Crippen molar-refractivity contribution in [1.29, 1.82) is 0 Å².